The number of anilines is 1. The van der Waals surface area contributed by atoms with Gasteiger partial charge >= 0.3 is 0 Å². The van der Waals surface area contributed by atoms with Crippen molar-refractivity contribution in [3.8, 4) is 0 Å². The number of hydrogen-bond acceptors (Lipinski definition) is 7. The van der Waals surface area contributed by atoms with E-state index in [0.717, 1.165) is 0 Å². The molecule has 1 saturated heterocycles. The quantitative estimate of drug-likeness (QED) is 0.548. The van der Waals surface area contributed by atoms with Crippen LogP contribution in [-0.4, -0.2) is 61.5 Å². The third-order valence-corrected chi connectivity index (χ3v) is 3.95. The highest BCUT2D eigenvalue weighted by Gasteiger charge is 2.59. The summed E-state index contributed by atoms with van der Waals surface area (Å²) in [6, 6.07) is 3.07. The van der Waals surface area contributed by atoms with Crippen molar-refractivity contribution in [1.82, 2.24) is 14.6 Å². The maximum absolute atomic E-state index is 13.2. The fraction of sp³-hybridized carbons (Fsp3) is 0.500. The summed E-state index contributed by atoms with van der Waals surface area (Å²) in [4.78, 5) is 3.82. The van der Waals surface area contributed by atoms with Gasteiger partial charge in [0.25, 0.3) is 0 Å². The second-order valence-corrected chi connectivity index (χ2v) is 5.13. The van der Waals surface area contributed by atoms with Crippen LogP contribution in [0.5, 0.6) is 0 Å². The molecule has 5 N–H and O–H groups in total. The number of aromatic nitrogens is 3. The second kappa shape index (κ2) is 4.60. The smallest absolute Gasteiger partial charge is 0.158 e. The molecular weight excluding hydrogens is 283 g/mol. The molecule has 0 radical (unpaired) electrons. The van der Waals surface area contributed by atoms with E-state index in [0.29, 0.717) is 5.52 Å². The Morgan fingerprint density at radius 2 is 2.29 bits per heavy atom. The van der Waals surface area contributed by atoms with Gasteiger partial charge in [0, 0.05) is 0 Å². The van der Waals surface area contributed by atoms with Crippen LogP contribution in [-0.2, 0) is 10.3 Å². The van der Waals surface area contributed by atoms with Gasteiger partial charge in [-0.1, -0.05) is 0 Å². The first-order valence-electron chi connectivity index (χ1n) is 6.28. The van der Waals surface area contributed by atoms with E-state index in [-0.39, 0.29) is 18.1 Å². The SMILES string of the molecule is Nc1ncnn2c([C@]3(O)CO[C@@](CO)(CF)[C@H]3O)ccc12. The standard InChI is InChI=1S/C12H15FN4O4/c13-3-11(4-18)10(19)12(20,5-21-11)8-2-1-7-9(14)15-6-16-17(7)8/h1-2,6,10,18-20H,3-5H2,(H2,14,15,16)/t10-,11-,12-/m1/s1. The highest BCUT2D eigenvalue weighted by Crippen LogP contribution is 2.41. The molecule has 1 fully saturated rings. The highest BCUT2D eigenvalue weighted by atomic mass is 19.1. The van der Waals surface area contributed by atoms with Gasteiger partial charge in [0.2, 0.25) is 0 Å². The van der Waals surface area contributed by atoms with Crippen LogP contribution in [0.15, 0.2) is 18.5 Å². The van der Waals surface area contributed by atoms with E-state index >= 15 is 0 Å². The first-order valence-corrected chi connectivity index (χ1v) is 6.28. The minimum atomic E-state index is -1.91. The Labute approximate surface area is 118 Å². The highest BCUT2D eigenvalue weighted by molar-refractivity contribution is 5.65. The molecule has 0 spiro atoms. The van der Waals surface area contributed by atoms with E-state index in [1.807, 2.05) is 0 Å². The maximum atomic E-state index is 13.2. The van der Waals surface area contributed by atoms with Crippen molar-refractivity contribution in [2.45, 2.75) is 17.3 Å². The number of fused-ring (bicyclic) bond motifs is 1. The minimum absolute atomic E-state index is 0.183. The fourth-order valence-corrected chi connectivity index (χ4v) is 2.63. The zero-order valence-electron chi connectivity index (χ0n) is 11.0. The molecule has 3 rings (SSSR count). The lowest BCUT2D eigenvalue weighted by molar-refractivity contribution is -0.119. The minimum Gasteiger partial charge on any atom is -0.393 e. The van der Waals surface area contributed by atoms with Gasteiger partial charge in [-0.05, 0) is 12.1 Å². The first kappa shape index (κ1) is 14.1. The molecule has 1 aliphatic rings. The number of aliphatic hydroxyl groups excluding tert-OH is 2. The Balaban J connectivity index is 2.12. The molecule has 3 atom stereocenters. The molecule has 0 unspecified atom stereocenters. The van der Waals surface area contributed by atoms with Crippen molar-refractivity contribution in [2.75, 3.05) is 25.6 Å². The van der Waals surface area contributed by atoms with Gasteiger partial charge in [-0.2, -0.15) is 5.10 Å². The van der Waals surface area contributed by atoms with E-state index in [4.69, 9.17) is 10.5 Å². The molecule has 2 aromatic rings. The Bertz CT molecular complexity index is 674. The monoisotopic (exact) mass is 298 g/mol. The van der Waals surface area contributed by atoms with Crippen molar-refractivity contribution in [2.24, 2.45) is 0 Å². The lowest BCUT2D eigenvalue weighted by atomic mass is 9.86. The molecule has 0 amide bonds. The molecule has 2 aromatic heterocycles. The molecule has 0 aromatic carbocycles. The predicted octanol–water partition coefficient (Wildman–Crippen LogP) is -1.41. The zero-order valence-corrected chi connectivity index (χ0v) is 11.0. The number of ether oxygens (including phenoxy) is 1. The fourth-order valence-electron chi connectivity index (χ4n) is 2.63. The number of halogens is 1. The lowest BCUT2D eigenvalue weighted by Gasteiger charge is -2.31. The van der Waals surface area contributed by atoms with E-state index in [9.17, 15) is 19.7 Å². The number of nitrogen functional groups attached to an aromatic ring is 1. The van der Waals surface area contributed by atoms with Gasteiger partial charge in [0.1, 0.15) is 30.2 Å². The van der Waals surface area contributed by atoms with Crippen LogP contribution in [0.4, 0.5) is 10.2 Å². The van der Waals surface area contributed by atoms with Crippen molar-refractivity contribution in [3.63, 3.8) is 0 Å². The molecule has 3 heterocycles. The summed E-state index contributed by atoms with van der Waals surface area (Å²) in [5.74, 6) is 0.201. The van der Waals surface area contributed by atoms with E-state index in [1.54, 1.807) is 6.07 Å². The maximum Gasteiger partial charge on any atom is 0.158 e. The topological polar surface area (TPSA) is 126 Å². The number of aliphatic hydroxyl groups is 3. The Morgan fingerprint density at radius 1 is 1.52 bits per heavy atom. The molecule has 9 heteroatoms. The molecular formula is C12H15FN4O4. The van der Waals surface area contributed by atoms with Crippen molar-refractivity contribution >= 4 is 11.3 Å². The largest absolute Gasteiger partial charge is 0.393 e. The number of nitrogens with zero attached hydrogens (tertiary/aromatic N) is 3. The van der Waals surface area contributed by atoms with E-state index in [2.05, 4.69) is 10.1 Å². The predicted molar refractivity (Wildman–Crippen MR) is 69.0 cm³/mol. The number of rotatable bonds is 3. The van der Waals surface area contributed by atoms with Crippen molar-refractivity contribution in [1.29, 1.82) is 0 Å². The van der Waals surface area contributed by atoms with Gasteiger partial charge in [0.05, 0.1) is 18.9 Å². The van der Waals surface area contributed by atoms with Gasteiger partial charge in [-0.15, -0.1) is 0 Å². The number of nitrogens with two attached hydrogens (primary N) is 1. The average Bonchev–Trinajstić information content (AvgIpc) is 3.03. The summed E-state index contributed by atoms with van der Waals surface area (Å²) >= 11 is 0. The average molecular weight is 298 g/mol. The van der Waals surface area contributed by atoms with Crippen molar-refractivity contribution < 1.29 is 24.4 Å². The van der Waals surface area contributed by atoms with Crippen molar-refractivity contribution in [3.05, 3.63) is 24.2 Å². The Kier molecular flexibility index (Phi) is 3.10. The van der Waals surface area contributed by atoms with Crippen LogP contribution in [0.2, 0.25) is 0 Å². The summed E-state index contributed by atoms with van der Waals surface area (Å²) in [6.07, 6.45) is -0.458. The second-order valence-electron chi connectivity index (χ2n) is 5.13. The van der Waals surface area contributed by atoms with Crippen LogP contribution in [0, 0.1) is 0 Å². The Morgan fingerprint density at radius 3 is 2.90 bits per heavy atom. The van der Waals surface area contributed by atoms with Crippen LogP contribution >= 0.6 is 0 Å². The van der Waals surface area contributed by atoms with Crippen LogP contribution in [0.3, 0.4) is 0 Å². The number of alkyl halides is 1. The molecule has 114 valence electrons. The third-order valence-electron chi connectivity index (χ3n) is 3.95. The summed E-state index contributed by atoms with van der Waals surface area (Å²) in [7, 11) is 0. The van der Waals surface area contributed by atoms with E-state index < -0.39 is 30.6 Å². The summed E-state index contributed by atoms with van der Waals surface area (Å²) in [5, 5.41) is 34.3. The molecule has 8 nitrogen and oxygen atoms in total. The van der Waals surface area contributed by atoms with E-state index in [1.165, 1.54) is 16.9 Å². The molecule has 0 saturated carbocycles. The summed E-state index contributed by atoms with van der Waals surface area (Å²) < 4.78 is 19.6. The lowest BCUT2D eigenvalue weighted by Crippen LogP contribution is -2.52. The van der Waals surface area contributed by atoms with Crippen LogP contribution < -0.4 is 5.73 Å². The van der Waals surface area contributed by atoms with Gasteiger partial charge < -0.3 is 25.8 Å². The molecule has 1 aliphatic heterocycles. The summed E-state index contributed by atoms with van der Waals surface area (Å²) in [5.41, 5.74) is 2.56. The molecule has 21 heavy (non-hydrogen) atoms. The van der Waals surface area contributed by atoms with Crippen LogP contribution in [0.1, 0.15) is 5.69 Å². The van der Waals surface area contributed by atoms with Gasteiger partial charge in [-0.25, -0.2) is 13.9 Å². The molecule has 0 bridgehead atoms. The first-order chi connectivity index (χ1) is 9.98. The van der Waals surface area contributed by atoms with Gasteiger partial charge in [0.15, 0.2) is 11.4 Å². The zero-order chi connectivity index (χ0) is 15.3. The normalized spacial score (nSPS) is 32.9. The third kappa shape index (κ3) is 1.75. The van der Waals surface area contributed by atoms with Crippen LogP contribution in [0.25, 0.3) is 5.52 Å². The molecule has 0 aliphatic carbocycles. The Hall–Kier alpha value is -1.81. The van der Waals surface area contributed by atoms with Gasteiger partial charge in [-0.3, -0.25) is 0 Å². The number of hydrogen-bond donors (Lipinski definition) is 4. The summed E-state index contributed by atoms with van der Waals surface area (Å²) in [6.45, 7) is -2.27.